The van der Waals surface area contributed by atoms with Gasteiger partial charge in [-0.25, -0.2) is 0 Å². The Morgan fingerprint density at radius 3 is 2.94 bits per heavy atom. The number of rotatable bonds is 3. The first-order valence-electron chi connectivity index (χ1n) is 6.53. The van der Waals surface area contributed by atoms with E-state index in [0.717, 1.165) is 39.1 Å². The zero-order chi connectivity index (χ0) is 12.1. The van der Waals surface area contributed by atoms with Gasteiger partial charge in [-0.05, 0) is 19.8 Å². The molecule has 2 aliphatic heterocycles. The van der Waals surface area contributed by atoms with E-state index in [1.54, 1.807) is 0 Å². The number of ether oxygens (including phenoxy) is 2. The van der Waals surface area contributed by atoms with Crippen LogP contribution in [0.25, 0.3) is 0 Å². The summed E-state index contributed by atoms with van der Waals surface area (Å²) >= 11 is 0. The van der Waals surface area contributed by atoms with Gasteiger partial charge in [-0.2, -0.15) is 0 Å². The third-order valence-electron chi connectivity index (χ3n) is 3.50. The molecule has 5 nitrogen and oxygen atoms in total. The molecule has 1 unspecified atom stereocenters. The van der Waals surface area contributed by atoms with Crippen molar-refractivity contribution in [1.29, 1.82) is 0 Å². The summed E-state index contributed by atoms with van der Waals surface area (Å²) in [7, 11) is 0. The van der Waals surface area contributed by atoms with Crippen molar-refractivity contribution in [2.45, 2.75) is 31.8 Å². The zero-order valence-electron chi connectivity index (χ0n) is 10.5. The van der Waals surface area contributed by atoms with Crippen LogP contribution in [0.15, 0.2) is 0 Å². The summed E-state index contributed by atoms with van der Waals surface area (Å²) < 4.78 is 10.5. The minimum atomic E-state index is -0.119. The molecule has 0 aromatic carbocycles. The van der Waals surface area contributed by atoms with Crippen LogP contribution in [0.4, 0.5) is 0 Å². The van der Waals surface area contributed by atoms with E-state index in [2.05, 4.69) is 10.2 Å². The summed E-state index contributed by atoms with van der Waals surface area (Å²) in [5.74, 6) is -0.0915. The number of hydrogen-bond acceptors (Lipinski definition) is 5. The highest BCUT2D eigenvalue weighted by molar-refractivity contribution is 5.76. The molecule has 2 saturated heterocycles. The van der Waals surface area contributed by atoms with Crippen molar-refractivity contribution in [3.8, 4) is 0 Å². The van der Waals surface area contributed by atoms with E-state index in [0.29, 0.717) is 19.2 Å². The molecule has 0 spiro atoms. The third-order valence-corrected chi connectivity index (χ3v) is 3.50. The molecule has 0 aliphatic carbocycles. The Morgan fingerprint density at radius 2 is 2.24 bits per heavy atom. The summed E-state index contributed by atoms with van der Waals surface area (Å²) in [4.78, 5) is 14.2. The number of carbonyl (C=O) groups excluding carboxylic acids is 1. The number of carbonyl (C=O) groups is 1. The van der Waals surface area contributed by atoms with Gasteiger partial charge in [-0.15, -0.1) is 0 Å². The molecule has 2 heterocycles. The lowest BCUT2D eigenvalue weighted by molar-refractivity contribution is -0.152. The molecule has 0 radical (unpaired) electrons. The molecule has 0 amide bonds. The summed E-state index contributed by atoms with van der Waals surface area (Å²) in [5, 5.41) is 3.27. The van der Waals surface area contributed by atoms with Crippen LogP contribution in [0.1, 0.15) is 19.8 Å². The van der Waals surface area contributed by atoms with Crippen molar-refractivity contribution in [2.75, 3.05) is 39.5 Å². The Morgan fingerprint density at radius 1 is 1.47 bits per heavy atom. The van der Waals surface area contributed by atoms with E-state index >= 15 is 0 Å². The van der Waals surface area contributed by atoms with Crippen LogP contribution >= 0.6 is 0 Å². The van der Waals surface area contributed by atoms with E-state index < -0.39 is 0 Å². The second-order valence-corrected chi connectivity index (χ2v) is 4.55. The molecular weight excluding hydrogens is 220 g/mol. The predicted molar refractivity (Wildman–Crippen MR) is 63.8 cm³/mol. The average molecular weight is 242 g/mol. The number of piperazine rings is 1. The Balaban J connectivity index is 1.97. The summed E-state index contributed by atoms with van der Waals surface area (Å²) in [6, 6.07) is 0.354. The van der Waals surface area contributed by atoms with Crippen LogP contribution in [-0.2, 0) is 14.3 Å². The van der Waals surface area contributed by atoms with Crippen molar-refractivity contribution < 1.29 is 14.3 Å². The maximum atomic E-state index is 11.9. The van der Waals surface area contributed by atoms with Crippen LogP contribution in [0.3, 0.4) is 0 Å². The van der Waals surface area contributed by atoms with Gasteiger partial charge in [0.05, 0.1) is 6.61 Å². The highest BCUT2D eigenvalue weighted by Crippen LogP contribution is 2.19. The van der Waals surface area contributed by atoms with Gasteiger partial charge in [-0.1, -0.05) is 0 Å². The Kier molecular flexibility index (Phi) is 4.76. The zero-order valence-corrected chi connectivity index (χ0v) is 10.5. The van der Waals surface area contributed by atoms with Gasteiger partial charge in [-0.3, -0.25) is 9.69 Å². The van der Waals surface area contributed by atoms with Crippen molar-refractivity contribution in [1.82, 2.24) is 10.2 Å². The molecule has 2 fully saturated rings. The van der Waals surface area contributed by atoms with Gasteiger partial charge in [0.1, 0.15) is 6.04 Å². The Labute approximate surface area is 102 Å². The molecule has 1 N–H and O–H groups in total. The van der Waals surface area contributed by atoms with Crippen LogP contribution in [0.2, 0.25) is 0 Å². The number of nitrogens with zero attached hydrogens (tertiary/aromatic N) is 1. The molecule has 0 saturated carbocycles. The van der Waals surface area contributed by atoms with Gasteiger partial charge < -0.3 is 14.8 Å². The van der Waals surface area contributed by atoms with Crippen LogP contribution in [0, 0.1) is 0 Å². The fraction of sp³-hybridized carbons (Fsp3) is 0.917. The van der Waals surface area contributed by atoms with Crippen LogP contribution in [0.5, 0.6) is 0 Å². The molecular formula is C12H22N2O3. The minimum Gasteiger partial charge on any atom is -0.465 e. The van der Waals surface area contributed by atoms with E-state index in [4.69, 9.17) is 9.47 Å². The molecule has 0 aromatic rings. The van der Waals surface area contributed by atoms with Crippen molar-refractivity contribution in [3.63, 3.8) is 0 Å². The smallest absolute Gasteiger partial charge is 0.324 e. The topological polar surface area (TPSA) is 50.8 Å². The Bertz CT molecular complexity index is 254. The quantitative estimate of drug-likeness (QED) is 0.706. The minimum absolute atomic E-state index is 0.0915. The molecule has 1 atom stereocenters. The molecule has 0 bridgehead atoms. The van der Waals surface area contributed by atoms with E-state index in [1.165, 1.54) is 0 Å². The summed E-state index contributed by atoms with van der Waals surface area (Å²) in [6.07, 6.45) is 2.05. The summed E-state index contributed by atoms with van der Waals surface area (Å²) in [6.45, 7) is 6.51. The average Bonchev–Trinajstić information content (AvgIpc) is 2.40. The second-order valence-electron chi connectivity index (χ2n) is 4.55. The third kappa shape index (κ3) is 3.18. The van der Waals surface area contributed by atoms with E-state index in [-0.39, 0.29) is 12.0 Å². The largest absolute Gasteiger partial charge is 0.465 e. The Hall–Kier alpha value is -0.650. The summed E-state index contributed by atoms with van der Waals surface area (Å²) in [5.41, 5.74) is 0. The molecule has 5 heteroatoms. The second kappa shape index (κ2) is 6.33. The molecule has 2 aliphatic rings. The van der Waals surface area contributed by atoms with Crippen molar-refractivity contribution in [2.24, 2.45) is 0 Å². The van der Waals surface area contributed by atoms with Crippen LogP contribution in [-0.4, -0.2) is 62.4 Å². The van der Waals surface area contributed by atoms with E-state index in [1.807, 2.05) is 6.92 Å². The maximum Gasteiger partial charge on any atom is 0.324 e. The predicted octanol–water partition coefficient (Wildman–Crippen LogP) is 0.00230. The molecule has 0 aromatic heterocycles. The van der Waals surface area contributed by atoms with Gasteiger partial charge >= 0.3 is 5.97 Å². The van der Waals surface area contributed by atoms with Gasteiger partial charge in [0.15, 0.2) is 0 Å². The monoisotopic (exact) mass is 242 g/mol. The fourth-order valence-electron chi connectivity index (χ4n) is 2.63. The van der Waals surface area contributed by atoms with Crippen molar-refractivity contribution >= 4 is 5.97 Å². The molecule has 2 rings (SSSR count). The first-order valence-corrected chi connectivity index (χ1v) is 6.53. The first kappa shape index (κ1) is 12.8. The van der Waals surface area contributed by atoms with Crippen molar-refractivity contribution in [3.05, 3.63) is 0 Å². The highest BCUT2D eigenvalue weighted by atomic mass is 16.5. The highest BCUT2D eigenvalue weighted by Gasteiger charge is 2.34. The lowest BCUT2D eigenvalue weighted by atomic mass is 10.0. The van der Waals surface area contributed by atoms with Crippen LogP contribution < -0.4 is 5.32 Å². The lowest BCUT2D eigenvalue weighted by Crippen LogP contribution is -2.59. The first-order chi connectivity index (χ1) is 8.33. The van der Waals surface area contributed by atoms with Gasteiger partial charge in [0, 0.05) is 38.9 Å². The number of hydrogen-bond donors (Lipinski definition) is 1. The maximum absolute atomic E-state index is 11.9. The van der Waals surface area contributed by atoms with E-state index in [9.17, 15) is 4.79 Å². The fourth-order valence-corrected chi connectivity index (χ4v) is 2.63. The molecule has 17 heavy (non-hydrogen) atoms. The van der Waals surface area contributed by atoms with Gasteiger partial charge in [0.2, 0.25) is 0 Å². The number of esters is 1. The standard InChI is InChI=1S/C12H22N2O3/c1-2-17-12(15)11-9-13-5-6-14(11)10-3-7-16-8-4-10/h10-11,13H,2-9H2,1H3. The lowest BCUT2D eigenvalue weighted by Gasteiger charge is -2.41. The van der Waals surface area contributed by atoms with Gasteiger partial charge in [0.25, 0.3) is 0 Å². The SMILES string of the molecule is CCOC(=O)C1CNCCN1C1CCOCC1. The normalized spacial score (nSPS) is 27.9. The number of nitrogens with one attached hydrogen (secondary N) is 1. The molecule has 98 valence electrons.